The van der Waals surface area contributed by atoms with E-state index in [1.165, 1.54) is 13.3 Å². The zero-order valence-electron chi connectivity index (χ0n) is 17.7. The van der Waals surface area contributed by atoms with Gasteiger partial charge in [-0.3, -0.25) is 14.4 Å². The van der Waals surface area contributed by atoms with Crippen LogP contribution in [-0.4, -0.2) is 54.3 Å². The molecule has 1 fully saturated rings. The first-order valence-corrected chi connectivity index (χ1v) is 10.5. The van der Waals surface area contributed by atoms with Crippen LogP contribution in [-0.2, 0) is 9.59 Å². The Labute approximate surface area is 182 Å². The van der Waals surface area contributed by atoms with Gasteiger partial charge in [-0.1, -0.05) is 30.3 Å². The van der Waals surface area contributed by atoms with Crippen molar-refractivity contribution in [2.45, 2.75) is 31.7 Å². The van der Waals surface area contributed by atoms with Crippen LogP contribution in [0.2, 0.25) is 0 Å². The van der Waals surface area contributed by atoms with Crippen molar-refractivity contribution in [3.63, 3.8) is 0 Å². The van der Waals surface area contributed by atoms with Crippen LogP contribution in [0, 0.1) is 0 Å². The topological polar surface area (TPSA) is 101 Å². The summed E-state index contributed by atoms with van der Waals surface area (Å²) < 4.78 is 4.99. The van der Waals surface area contributed by atoms with Gasteiger partial charge < -0.3 is 20.3 Å². The predicted molar refractivity (Wildman–Crippen MR) is 115 cm³/mol. The minimum atomic E-state index is -0.390. The molecule has 1 atom stereocenters. The number of nitrogens with zero attached hydrogens (tertiary/aromatic N) is 2. The Bertz CT molecular complexity index is 886. The Morgan fingerprint density at radius 1 is 1.16 bits per heavy atom. The summed E-state index contributed by atoms with van der Waals surface area (Å²) in [5.74, 6) is -0.290. The zero-order valence-corrected chi connectivity index (χ0v) is 17.7. The summed E-state index contributed by atoms with van der Waals surface area (Å²) in [6, 6.07) is 12.3. The molecule has 0 spiro atoms. The molecule has 3 amide bonds. The molecule has 2 aromatic rings. The van der Waals surface area contributed by atoms with E-state index < -0.39 is 5.91 Å². The maximum Gasteiger partial charge on any atom is 0.253 e. The molecule has 0 saturated carbocycles. The molecule has 1 aromatic carbocycles. The van der Waals surface area contributed by atoms with Crippen molar-refractivity contribution in [3.8, 4) is 5.88 Å². The molecule has 2 N–H and O–H groups in total. The molecule has 0 aliphatic carbocycles. The minimum Gasteiger partial charge on any atom is -0.481 e. The van der Waals surface area contributed by atoms with Crippen LogP contribution in [0.5, 0.6) is 5.88 Å². The number of amides is 3. The largest absolute Gasteiger partial charge is 0.481 e. The van der Waals surface area contributed by atoms with Crippen LogP contribution in [0.1, 0.15) is 47.6 Å². The number of rotatable bonds is 5. The first-order chi connectivity index (χ1) is 15.1. The Balaban J connectivity index is 1.73. The van der Waals surface area contributed by atoms with Crippen molar-refractivity contribution in [1.29, 1.82) is 0 Å². The van der Waals surface area contributed by atoms with Crippen LogP contribution >= 0.6 is 0 Å². The van der Waals surface area contributed by atoms with Gasteiger partial charge in [0.15, 0.2) is 0 Å². The monoisotopic (exact) mass is 424 g/mol. The maximum atomic E-state index is 13.1. The van der Waals surface area contributed by atoms with Crippen molar-refractivity contribution in [2.75, 3.05) is 26.7 Å². The fraction of sp³-hybridized carbons (Fsp3) is 0.391. The fourth-order valence-electron chi connectivity index (χ4n) is 3.59. The normalized spacial score (nSPS) is 17.4. The van der Waals surface area contributed by atoms with E-state index in [9.17, 15) is 14.4 Å². The van der Waals surface area contributed by atoms with E-state index in [1.54, 1.807) is 17.0 Å². The molecular weight excluding hydrogens is 396 g/mol. The number of hydrogen-bond donors (Lipinski definition) is 2. The van der Waals surface area contributed by atoms with E-state index in [-0.39, 0.29) is 30.8 Å². The highest BCUT2D eigenvalue weighted by Crippen LogP contribution is 2.26. The van der Waals surface area contributed by atoms with Gasteiger partial charge in [-0.15, -0.1) is 0 Å². The lowest BCUT2D eigenvalue weighted by atomic mass is 10.00. The first-order valence-electron chi connectivity index (χ1n) is 10.5. The maximum absolute atomic E-state index is 13.1. The molecule has 0 radical (unpaired) electrons. The average molecular weight is 425 g/mol. The van der Waals surface area contributed by atoms with Gasteiger partial charge >= 0.3 is 0 Å². The van der Waals surface area contributed by atoms with E-state index in [4.69, 9.17) is 4.74 Å². The lowest BCUT2D eigenvalue weighted by molar-refractivity contribution is -0.134. The van der Waals surface area contributed by atoms with Crippen LogP contribution < -0.4 is 15.4 Å². The second-order valence-corrected chi connectivity index (χ2v) is 7.40. The first kappa shape index (κ1) is 22.3. The summed E-state index contributed by atoms with van der Waals surface area (Å²) in [4.78, 5) is 43.7. The van der Waals surface area contributed by atoms with E-state index >= 15 is 0 Å². The van der Waals surface area contributed by atoms with Gasteiger partial charge in [0.05, 0.1) is 31.7 Å². The Kier molecular flexibility index (Phi) is 7.98. The Hall–Kier alpha value is -3.42. The van der Waals surface area contributed by atoms with Gasteiger partial charge in [0, 0.05) is 25.4 Å². The standard InChI is InChI=1S/C23H28N4O4/c1-31-21-11-10-18(15-25-21)23(30)26-16-22(29)27-13-7-3-6-12-24-20(28)14-19(27)17-8-4-2-5-9-17/h2,4-5,8-11,15,19H,3,6-7,12-14,16H2,1H3,(H,24,28)(H,26,30). The number of nitrogens with one attached hydrogen (secondary N) is 2. The lowest BCUT2D eigenvalue weighted by Crippen LogP contribution is -2.44. The smallest absolute Gasteiger partial charge is 0.253 e. The number of benzene rings is 1. The third kappa shape index (κ3) is 6.28. The second-order valence-electron chi connectivity index (χ2n) is 7.40. The Morgan fingerprint density at radius 2 is 1.97 bits per heavy atom. The number of pyridine rings is 1. The van der Waals surface area contributed by atoms with Crippen LogP contribution in [0.4, 0.5) is 0 Å². The minimum absolute atomic E-state index is 0.0816. The summed E-state index contributed by atoms with van der Waals surface area (Å²) >= 11 is 0. The highest BCUT2D eigenvalue weighted by atomic mass is 16.5. The van der Waals surface area contributed by atoms with Crippen LogP contribution in [0.15, 0.2) is 48.7 Å². The van der Waals surface area contributed by atoms with Gasteiger partial charge in [0.25, 0.3) is 5.91 Å². The zero-order chi connectivity index (χ0) is 22.1. The van der Waals surface area contributed by atoms with Crippen molar-refractivity contribution >= 4 is 17.7 Å². The molecule has 3 rings (SSSR count). The third-order valence-electron chi connectivity index (χ3n) is 5.27. The third-order valence-corrected chi connectivity index (χ3v) is 5.27. The fourth-order valence-corrected chi connectivity index (χ4v) is 3.59. The number of aromatic nitrogens is 1. The second kappa shape index (κ2) is 11.1. The summed E-state index contributed by atoms with van der Waals surface area (Å²) in [6.45, 7) is 1.03. The van der Waals surface area contributed by atoms with Gasteiger partial charge in [0.1, 0.15) is 0 Å². The van der Waals surface area contributed by atoms with Crippen LogP contribution in [0.3, 0.4) is 0 Å². The number of carbonyl (C=O) groups excluding carboxylic acids is 3. The summed E-state index contributed by atoms with van der Waals surface area (Å²) in [7, 11) is 1.50. The molecule has 1 aliphatic rings. The number of hydrogen-bond acceptors (Lipinski definition) is 5. The van der Waals surface area contributed by atoms with Gasteiger partial charge in [-0.05, 0) is 30.9 Å². The molecule has 8 nitrogen and oxygen atoms in total. The summed E-state index contributed by atoms with van der Waals surface area (Å²) in [5, 5.41) is 5.60. The number of methoxy groups -OCH3 is 1. The molecule has 1 unspecified atom stereocenters. The highest BCUT2D eigenvalue weighted by molar-refractivity contribution is 5.96. The van der Waals surface area contributed by atoms with Crippen molar-refractivity contribution in [3.05, 3.63) is 59.8 Å². The predicted octanol–water partition coefficient (Wildman–Crippen LogP) is 2.08. The van der Waals surface area contributed by atoms with E-state index in [1.807, 2.05) is 30.3 Å². The molecule has 0 bridgehead atoms. The van der Waals surface area contributed by atoms with E-state index in [2.05, 4.69) is 15.6 Å². The molecule has 1 aliphatic heterocycles. The highest BCUT2D eigenvalue weighted by Gasteiger charge is 2.28. The van der Waals surface area contributed by atoms with E-state index in [0.717, 1.165) is 24.8 Å². The molecular formula is C23H28N4O4. The summed E-state index contributed by atoms with van der Waals surface area (Å²) in [6.07, 6.45) is 4.22. The average Bonchev–Trinajstić information content (AvgIpc) is 2.81. The SMILES string of the molecule is COc1ccc(C(=O)NCC(=O)N2CCCCCNC(=O)CC2c2ccccc2)cn1. The van der Waals surface area contributed by atoms with E-state index in [0.29, 0.717) is 24.5 Å². The molecule has 8 heteroatoms. The Morgan fingerprint density at radius 3 is 2.68 bits per heavy atom. The molecule has 164 valence electrons. The molecule has 1 aromatic heterocycles. The van der Waals surface area contributed by atoms with Gasteiger partial charge in [0.2, 0.25) is 17.7 Å². The quantitative estimate of drug-likeness (QED) is 0.765. The van der Waals surface area contributed by atoms with Crippen molar-refractivity contribution in [1.82, 2.24) is 20.5 Å². The number of carbonyl (C=O) groups is 3. The molecule has 2 heterocycles. The number of ether oxygens (including phenoxy) is 1. The molecule has 1 saturated heterocycles. The lowest BCUT2D eigenvalue weighted by Gasteiger charge is -2.33. The van der Waals surface area contributed by atoms with Gasteiger partial charge in [-0.2, -0.15) is 0 Å². The molecule has 31 heavy (non-hydrogen) atoms. The van der Waals surface area contributed by atoms with Crippen LogP contribution in [0.25, 0.3) is 0 Å². The van der Waals surface area contributed by atoms with Gasteiger partial charge in [-0.25, -0.2) is 4.98 Å². The summed E-state index contributed by atoms with van der Waals surface area (Å²) in [5.41, 5.74) is 1.24. The van der Waals surface area contributed by atoms with Crippen molar-refractivity contribution in [2.24, 2.45) is 0 Å². The van der Waals surface area contributed by atoms with Crippen molar-refractivity contribution < 1.29 is 19.1 Å².